The van der Waals surface area contributed by atoms with Crippen LogP contribution in [0.15, 0.2) is 0 Å². The number of alkyl halides is 3. The predicted octanol–water partition coefficient (Wildman–Crippen LogP) is 4.92. The number of nitrogens with one attached hydrogen (secondary N) is 1. The molecule has 4 aliphatic rings. The van der Waals surface area contributed by atoms with Crippen molar-refractivity contribution in [1.29, 1.82) is 5.41 Å². The summed E-state index contributed by atoms with van der Waals surface area (Å²) in [5, 5.41) is 25.0. The van der Waals surface area contributed by atoms with Gasteiger partial charge in [0, 0.05) is 5.92 Å². The maximum absolute atomic E-state index is 13.3. The second-order valence-electron chi connectivity index (χ2n) is 10.6. The van der Waals surface area contributed by atoms with Crippen LogP contribution in [0.3, 0.4) is 0 Å². The third-order valence-corrected chi connectivity index (χ3v) is 9.97. The Kier molecular flexibility index (Phi) is 6.24. The Balaban J connectivity index is 0.00000117. The lowest BCUT2D eigenvalue weighted by atomic mass is 9.48. The molecule has 0 radical (unpaired) electrons. The number of aliphatic hydroxyl groups is 1. The fourth-order valence-corrected chi connectivity index (χ4v) is 8.96. The van der Waals surface area contributed by atoms with E-state index < -0.39 is 23.4 Å². The molecule has 0 aromatic rings. The molecule has 0 aromatic heterocycles. The number of hydrogen-bond acceptors (Lipinski definition) is 4. The Morgan fingerprint density at radius 1 is 0.966 bits per heavy atom. The van der Waals surface area contributed by atoms with Crippen molar-refractivity contribution in [2.75, 3.05) is 0 Å². The number of nitrogens with two attached hydrogens (primary N) is 1. The van der Waals surface area contributed by atoms with Gasteiger partial charge in [0.1, 0.15) is 5.71 Å². The lowest BCUT2D eigenvalue weighted by Gasteiger charge is -2.60. The number of rotatable bonds is 1. The van der Waals surface area contributed by atoms with Crippen LogP contribution < -0.4 is 5.90 Å². The molecule has 4 saturated carbocycles. The minimum Gasteiger partial charge on any atom is -0.390 e. The monoisotopic (exact) mass is 436 g/mol. The van der Waals surface area contributed by atoms with Gasteiger partial charge in [-0.25, -0.2) is 5.90 Å². The molecule has 5 N–H and O–H groups in total. The van der Waals surface area contributed by atoms with E-state index >= 15 is 0 Å². The predicted molar refractivity (Wildman–Crippen MR) is 110 cm³/mol. The van der Waals surface area contributed by atoms with Crippen molar-refractivity contribution in [3.8, 4) is 0 Å². The van der Waals surface area contributed by atoms with E-state index in [1.807, 2.05) is 13.8 Å². The zero-order chi connectivity index (χ0) is 21.8. The molecule has 9 atom stereocenters. The molecule has 8 heteroatoms. The highest BCUT2D eigenvalue weighted by molar-refractivity contribution is 7.19. The van der Waals surface area contributed by atoms with Gasteiger partial charge in [-0.1, -0.05) is 6.92 Å². The first-order valence-electron chi connectivity index (χ1n) is 10.8. The highest BCUT2D eigenvalue weighted by Gasteiger charge is 2.62. The average Bonchev–Trinajstić information content (AvgIpc) is 2.97. The summed E-state index contributed by atoms with van der Waals surface area (Å²) in [4.78, 5) is 0. The third-order valence-electron chi connectivity index (χ3n) is 9.05. The van der Waals surface area contributed by atoms with Gasteiger partial charge in [0.25, 0.3) is 0 Å². The van der Waals surface area contributed by atoms with Gasteiger partial charge in [0.15, 0.2) is 0 Å². The van der Waals surface area contributed by atoms with E-state index in [-0.39, 0.29) is 10.6 Å². The first-order valence-corrected chi connectivity index (χ1v) is 11.4. The average molecular weight is 436 g/mol. The van der Waals surface area contributed by atoms with Gasteiger partial charge in [0.2, 0.25) is 0 Å². The summed E-state index contributed by atoms with van der Waals surface area (Å²) < 4.78 is 39.8. The maximum Gasteiger partial charge on any atom is 0.429 e. The van der Waals surface area contributed by atoms with Crippen molar-refractivity contribution in [3.05, 3.63) is 0 Å². The molecule has 0 heterocycles. The van der Waals surface area contributed by atoms with Gasteiger partial charge >= 0.3 is 6.18 Å². The summed E-state index contributed by atoms with van der Waals surface area (Å²) >= 11 is 0. The second kappa shape index (κ2) is 7.72. The van der Waals surface area contributed by atoms with Gasteiger partial charge in [-0.15, -0.1) is 9.24 Å². The van der Waals surface area contributed by atoms with Crippen molar-refractivity contribution >= 4 is 15.0 Å². The van der Waals surface area contributed by atoms with Crippen molar-refractivity contribution < 1.29 is 23.5 Å². The molecule has 168 valence electrons. The van der Waals surface area contributed by atoms with Crippen LogP contribution in [0.4, 0.5) is 13.2 Å². The zero-order valence-corrected chi connectivity index (χ0v) is 18.6. The Morgan fingerprint density at radius 3 is 2.17 bits per heavy atom. The van der Waals surface area contributed by atoms with Crippen LogP contribution in [-0.2, 0) is 0 Å². The summed E-state index contributed by atoms with van der Waals surface area (Å²) in [6, 6.07) is 0. The number of hydrogen-bond donors (Lipinski definition) is 4. The van der Waals surface area contributed by atoms with E-state index in [0.29, 0.717) is 30.1 Å². The minimum atomic E-state index is -4.49. The molecule has 4 nitrogen and oxygen atoms in total. The highest BCUT2D eigenvalue weighted by atomic mass is 31.0. The van der Waals surface area contributed by atoms with Crippen LogP contribution in [0.1, 0.15) is 71.6 Å². The molecule has 0 spiro atoms. The summed E-state index contributed by atoms with van der Waals surface area (Å²) in [6.45, 7) is 3.99. The van der Waals surface area contributed by atoms with Crippen molar-refractivity contribution in [1.82, 2.24) is 0 Å². The normalized spacial score (nSPS) is 49.2. The van der Waals surface area contributed by atoms with E-state index in [1.165, 1.54) is 0 Å². The van der Waals surface area contributed by atoms with E-state index in [9.17, 15) is 18.3 Å². The van der Waals surface area contributed by atoms with Crippen LogP contribution in [0.2, 0.25) is 0 Å². The summed E-state index contributed by atoms with van der Waals surface area (Å²) in [5.41, 5.74) is -1.94. The molecule has 29 heavy (non-hydrogen) atoms. The van der Waals surface area contributed by atoms with Gasteiger partial charge in [-0.05, 0) is 99.0 Å². The molecule has 4 rings (SSSR count). The van der Waals surface area contributed by atoms with Gasteiger partial charge in [-0.3, -0.25) is 0 Å². The number of fused-ring (bicyclic) bond motifs is 5. The Morgan fingerprint density at radius 2 is 1.55 bits per heavy atom. The Labute approximate surface area is 173 Å². The quantitative estimate of drug-likeness (QED) is 0.267. The Hall–Kier alpha value is -0.230. The molecule has 0 amide bonds. The van der Waals surface area contributed by atoms with Crippen LogP contribution in [0.25, 0.3) is 0 Å². The lowest BCUT2D eigenvalue weighted by molar-refractivity contribution is -0.0909. The van der Waals surface area contributed by atoms with Crippen molar-refractivity contribution in [2.24, 2.45) is 40.9 Å². The Bertz CT molecular complexity index is 644. The SMILES string of the molecule is CC12CCC3C(CCC4(P)C[C@](C)(O)CCC34)C1CCC2C(=N)C(F)(F)F.NO. The molecule has 4 aliphatic carbocycles. The van der Waals surface area contributed by atoms with Crippen molar-refractivity contribution in [2.45, 2.75) is 88.6 Å². The molecule has 4 fully saturated rings. The van der Waals surface area contributed by atoms with E-state index in [1.54, 1.807) is 0 Å². The van der Waals surface area contributed by atoms with Crippen LogP contribution in [-0.4, -0.2) is 33.0 Å². The molecule has 0 aliphatic heterocycles. The lowest BCUT2D eigenvalue weighted by Crippen LogP contribution is -2.56. The molecule has 8 unspecified atom stereocenters. The van der Waals surface area contributed by atoms with E-state index in [0.717, 1.165) is 51.4 Å². The van der Waals surface area contributed by atoms with Crippen LogP contribution >= 0.6 is 9.24 Å². The van der Waals surface area contributed by atoms with Crippen LogP contribution in [0, 0.1) is 40.4 Å². The van der Waals surface area contributed by atoms with Gasteiger partial charge < -0.3 is 15.7 Å². The summed E-state index contributed by atoms with van der Waals surface area (Å²) in [6.07, 6.45) is 3.48. The largest absolute Gasteiger partial charge is 0.429 e. The first-order chi connectivity index (χ1) is 13.4. The van der Waals surface area contributed by atoms with E-state index in [4.69, 9.17) is 10.6 Å². The minimum absolute atomic E-state index is 0.0906. The van der Waals surface area contributed by atoms with Gasteiger partial charge in [0.05, 0.1) is 5.60 Å². The molecular formula is C21H36F3N2O2P. The van der Waals surface area contributed by atoms with Crippen LogP contribution in [0.5, 0.6) is 0 Å². The van der Waals surface area contributed by atoms with E-state index in [2.05, 4.69) is 15.1 Å². The smallest absolute Gasteiger partial charge is 0.390 e. The number of halogens is 3. The molecule has 0 bridgehead atoms. The topological polar surface area (TPSA) is 90.3 Å². The standard InChI is InChI=1S/C21H33F3NOP.H3NO/c1-18(26)8-7-15-13-5-9-19(2)14(12(13)6-10-20(15,27)11-18)3-4-16(19)17(25)21(22,23)24;1-2/h12-16,25-26H,3-11,27H2,1-2H3;2H,1H2/t12?,13?,14?,15?,16?,18-,19?,20?;/m1./s1. The third kappa shape index (κ3) is 3.90. The zero-order valence-electron chi connectivity index (χ0n) is 17.4. The highest BCUT2D eigenvalue weighted by Crippen LogP contribution is 2.67. The molecule has 0 aromatic carbocycles. The van der Waals surface area contributed by atoms with Crippen molar-refractivity contribution in [3.63, 3.8) is 0 Å². The molecule has 0 saturated heterocycles. The second-order valence-corrected chi connectivity index (χ2v) is 11.8. The van der Waals surface area contributed by atoms with Gasteiger partial charge in [-0.2, -0.15) is 13.2 Å². The maximum atomic E-state index is 13.3. The molecular weight excluding hydrogens is 400 g/mol. The fourth-order valence-electron chi connectivity index (χ4n) is 7.94. The summed E-state index contributed by atoms with van der Waals surface area (Å²) in [7, 11) is 3.08. The summed E-state index contributed by atoms with van der Waals surface area (Å²) in [5.74, 6) is 4.83. The first kappa shape index (κ1) is 23.4. The fraction of sp³-hybridized carbons (Fsp3) is 0.952.